The summed E-state index contributed by atoms with van der Waals surface area (Å²) in [7, 11) is 1.44. The third-order valence-corrected chi connectivity index (χ3v) is 1.28. The average Bonchev–Trinajstić information content (AvgIpc) is 1.41. The zero-order valence-electron chi connectivity index (χ0n) is 2.55. The zero-order valence-corrected chi connectivity index (χ0v) is 5.08. The zero-order chi connectivity index (χ0) is 4.12. The molecule has 0 aromatic rings. The normalized spacial score (nSPS) is 7.40. The Hall–Kier alpha value is 0.790. The van der Waals surface area contributed by atoms with Gasteiger partial charge in [-0.05, 0) is 5.37 Å². The first-order valence-electron chi connectivity index (χ1n) is 1.12. The lowest BCUT2D eigenvalue weighted by Gasteiger charge is -1.70. The Bertz CT molecular complexity index is 26.1. The van der Waals surface area contributed by atoms with Crippen LogP contribution in [0.4, 0.5) is 0 Å². The van der Waals surface area contributed by atoms with Gasteiger partial charge in [0.1, 0.15) is 0 Å². The second-order valence-electron chi connectivity index (χ2n) is 0.462. The van der Waals surface area contributed by atoms with Gasteiger partial charge in [0.05, 0.1) is 0 Å². The van der Waals surface area contributed by atoms with Gasteiger partial charge in [-0.2, -0.15) is 0 Å². The molecular weight excluding hydrogens is 120 g/mol. The van der Waals surface area contributed by atoms with E-state index < -0.39 is 0 Å². The number of hydrogen-bond donors (Lipinski definition) is 1. The summed E-state index contributed by atoms with van der Waals surface area (Å²) in [5.74, 6) is 0.860. The van der Waals surface area contributed by atoms with E-state index in [2.05, 4.69) is 23.9 Å². The highest BCUT2D eigenvalue weighted by molar-refractivity contribution is 8.68. The summed E-state index contributed by atoms with van der Waals surface area (Å²) in [5, 5.41) is 1.65. The van der Waals surface area contributed by atoms with E-state index >= 15 is 0 Å². The number of thiol groups is 1. The Labute approximate surface area is 46.1 Å². The molecule has 0 aromatic heterocycles. The molecule has 0 radical (unpaired) electrons. The summed E-state index contributed by atoms with van der Waals surface area (Å²) in [4.78, 5) is 0. The molecule has 0 amide bonds. The summed E-state index contributed by atoms with van der Waals surface area (Å²) in [6.07, 6.45) is 0. The first-order valence-corrected chi connectivity index (χ1v) is 3.62. The first kappa shape index (κ1) is 5.79. The van der Waals surface area contributed by atoms with Gasteiger partial charge in [-0.15, -0.1) is 11.7 Å². The first-order chi connectivity index (χ1) is 2.41. The molecule has 5 heavy (non-hydrogen) atoms. The fourth-order valence-corrected chi connectivity index (χ4v) is 0.822. The van der Waals surface area contributed by atoms with Gasteiger partial charge in [-0.25, -0.2) is 0 Å². The van der Waals surface area contributed by atoms with Crippen LogP contribution in [0.15, 0.2) is 0 Å². The molecule has 0 spiro atoms. The Morgan fingerprint density at radius 3 is 2.60 bits per heavy atom. The monoisotopic (exact) mass is 124 g/mol. The molecule has 0 N–H and O–H groups in total. The Kier molecular flexibility index (Phi) is 5.55. The molecule has 0 heterocycles. The molecule has 0 rings (SSSR count). The highest BCUT2D eigenvalue weighted by atomic mass is 33.1. The van der Waals surface area contributed by atoms with Gasteiger partial charge in [0.15, 0.2) is 0 Å². The lowest BCUT2D eigenvalue weighted by molar-refractivity contribution is 2.19. The van der Waals surface area contributed by atoms with Crippen LogP contribution in [0.5, 0.6) is 0 Å². The lowest BCUT2D eigenvalue weighted by atomic mass is 11.0. The number of rotatable bonds is 2. The van der Waals surface area contributed by atoms with E-state index in [4.69, 9.17) is 0 Å². The van der Waals surface area contributed by atoms with Crippen molar-refractivity contribution in [2.24, 2.45) is 0 Å². The van der Waals surface area contributed by atoms with Crippen LogP contribution < -0.4 is 0 Å². The average molecular weight is 124 g/mol. The van der Waals surface area contributed by atoms with Gasteiger partial charge < -0.3 is 0 Å². The quantitative estimate of drug-likeness (QED) is 0.337. The minimum atomic E-state index is 0.860. The molecule has 0 aliphatic rings. The summed E-state index contributed by atoms with van der Waals surface area (Å²) in [5.41, 5.74) is 0. The van der Waals surface area contributed by atoms with E-state index in [-0.39, 0.29) is 0 Å². The van der Waals surface area contributed by atoms with Crippen LogP contribution in [-0.2, 0) is 0 Å². The maximum absolute atomic E-state index is 4.46. The van der Waals surface area contributed by atoms with E-state index in [1.807, 2.05) is 0 Å². The van der Waals surface area contributed by atoms with E-state index in [1.54, 1.807) is 5.37 Å². The fourth-order valence-electron chi connectivity index (χ4n) is 0.0304. The highest BCUT2D eigenvalue weighted by Crippen LogP contribution is 1.99. The Morgan fingerprint density at radius 2 is 2.60 bits per heavy atom. The Morgan fingerprint density at radius 1 is 2.00 bits per heavy atom. The summed E-state index contributed by atoms with van der Waals surface area (Å²) >= 11 is 8.28. The van der Waals surface area contributed by atoms with Crippen LogP contribution in [0, 0.1) is 0 Å². The predicted molar refractivity (Wildman–Crippen MR) is 35.1 cm³/mol. The largest absolute Gasteiger partial charge is 0.111 e. The van der Waals surface area contributed by atoms with Gasteiger partial charge in [0, 0.05) is 5.75 Å². The van der Waals surface area contributed by atoms with Crippen molar-refractivity contribution in [2.45, 2.75) is 0 Å². The van der Waals surface area contributed by atoms with Crippen LogP contribution in [0.25, 0.3) is 0 Å². The standard InChI is InChI=1S/C2H4S3/c3-1-2-5-4/h1,4H,2H2. The molecule has 0 aliphatic heterocycles. The highest BCUT2D eigenvalue weighted by Gasteiger charge is 1.64. The molecule has 0 saturated carbocycles. The maximum atomic E-state index is 4.46. The molecule has 0 atom stereocenters. The SMILES string of the molecule is S=CCSS. The summed E-state index contributed by atoms with van der Waals surface area (Å²) < 4.78 is 0. The fraction of sp³-hybridized carbons (Fsp3) is 0.500. The van der Waals surface area contributed by atoms with Crippen molar-refractivity contribution in [1.82, 2.24) is 0 Å². The van der Waals surface area contributed by atoms with Crippen LogP contribution >= 0.6 is 34.7 Å². The second-order valence-corrected chi connectivity index (χ2v) is 2.16. The number of hydrogen-bond acceptors (Lipinski definition) is 3. The van der Waals surface area contributed by atoms with Crippen LogP contribution in [0.2, 0.25) is 0 Å². The topological polar surface area (TPSA) is 0 Å². The maximum Gasteiger partial charge on any atom is 0.0319 e. The molecular formula is C2H4S3. The van der Waals surface area contributed by atoms with E-state index in [0.717, 1.165) is 5.75 Å². The van der Waals surface area contributed by atoms with Gasteiger partial charge in [-0.1, -0.05) is 23.0 Å². The molecule has 0 unspecified atom stereocenters. The third-order valence-electron chi connectivity index (χ3n) is 0.143. The van der Waals surface area contributed by atoms with Crippen molar-refractivity contribution >= 4 is 40.0 Å². The third kappa shape index (κ3) is 4.79. The lowest BCUT2D eigenvalue weighted by Crippen LogP contribution is -1.63. The predicted octanol–water partition coefficient (Wildman–Crippen LogP) is 1.56. The molecule has 0 saturated heterocycles. The van der Waals surface area contributed by atoms with Crippen molar-refractivity contribution in [3.63, 3.8) is 0 Å². The van der Waals surface area contributed by atoms with E-state index in [0.29, 0.717) is 0 Å². The molecule has 0 nitrogen and oxygen atoms in total. The molecule has 3 heteroatoms. The van der Waals surface area contributed by atoms with Crippen molar-refractivity contribution in [3.8, 4) is 0 Å². The summed E-state index contributed by atoms with van der Waals surface area (Å²) in [6.45, 7) is 0. The van der Waals surface area contributed by atoms with Gasteiger partial charge >= 0.3 is 0 Å². The van der Waals surface area contributed by atoms with Crippen molar-refractivity contribution in [2.75, 3.05) is 5.75 Å². The smallest absolute Gasteiger partial charge is 0.0319 e. The van der Waals surface area contributed by atoms with Gasteiger partial charge in [-0.3, -0.25) is 0 Å². The second kappa shape index (κ2) is 4.79. The molecule has 0 fully saturated rings. The molecule has 0 bridgehead atoms. The van der Waals surface area contributed by atoms with Crippen molar-refractivity contribution in [3.05, 3.63) is 0 Å². The molecule has 0 aliphatic carbocycles. The van der Waals surface area contributed by atoms with Crippen LogP contribution in [-0.4, -0.2) is 11.1 Å². The van der Waals surface area contributed by atoms with Gasteiger partial charge in [0.2, 0.25) is 0 Å². The minimum Gasteiger partial charge on any atom is -0.111 e. The molecule has 30 valence electrons. The van der Waals surface area contributed by atoms with Crippen LogP contribution in [0.3, 0.4) is 0 Å². The summed E-state index contributed by atoms with van der Waals surface area (Å²) in [6, 6.07) is 0. The van der Waals surface area contributed by atoms with Crippen LogP contribution in [0.1, 0.15) is 0 Å². The van der Waals surface area contributed by atoms with E-state index in [1.165, 1.54) is 10.8 Å². The van der Waals surface area contributed by atoms with Crippen molar-refractivity contribution < 1.29 is 0 Å². The molecule has 0 aromatic carbocycles. The van der Waals surface area contributed by atoms with E-state index in [9.17, 15) is 0 Å². The minimum absolute atomic E-state index is 0.860. The van der Waals surface area contributed by atoms with Crippen molar-refractivity contribution in [1.29, 1.82) is 0 Å². The Balaban J connectivity index is 2.40. The number of thiocarbonyl (C=S) groups is 1. The van der Waals surface area contributed by atoms with Gasteiger partial charge in [0.25, 0.3) is 0 Å².